The van der Waals surface area contributed by atoms with E-state index in [0.717, 1.165) is 34.3 Å². The van der Waals surface area contributed by atoms with E-state index < -0.39 is 5.82 Å². The first kappa shape index (κ1) is 19.3. The Bertz CT molecular complexity index is 1110. The Hall–Kier alpha value is -3.06. The molecule has 148 valence electrons. The van der Waals surface area contributed by atoms with Gasteiger partial charge in [-0.25, -0.2) is 14.4 Å². The van der Waals surface area contributed by atoms with Crippen LogP contribution in [0.4, 0.5) is 9.52 Å². The van der Waals surface area contributed by atoms with E-state index in [-0.39, 0.29) is 5.91 Å². The Morgan fingerprint density at radius 2 is 2.03 bits per heavy atom. The van der Waals surface area contributed by atoms with Crippen LogP contribution in [0.1, 0.15) is 27.9 Å². The largest absolute Gasteiger partial charge is 0.337 e. The topological polar surface area (TPSA) is 51.0 Å². The van der Waals surface area contributed by atoms with Crippen LogP contribution in [0, 0.1) is 19.7 Å². The van der Waals surface area contributed by atoms with Crippen molar-refractivity contribution in [3.8, 4) is 0 Å². The van der Waals surface area contributed by atoms with Crippen molar-refractivity contribution in [2.45, 2.75) is 26.8 Å². The Balaban J connectivity index is 1.68. The predicted octanol–water partition coefficient (Wildman–Crippen LogP) is 4.99. The lowest BCUT2D eigenvalue weighted by atomic mass is 10.1. The van der Waals surface area contributed by atoms with E-state index >= 15 is 0 Å². The molecule has 0 radical (unpaired) electrons. The summed E-state index contributed by atoms with van der Waals surface area (Å²) in [6, 6.07) is 9.91. The molecule has 2 aromatic heterocycles. The number of carbonyl (C=O) groups excluding carboxylic acids is 1. The number of amides is 1. The van der Waals surface area contributed by atoms with Gasteiger partial charge in [0.1, 0.15) is 5.82 Å². The summed E-state index contributed by atoms with van der Waals surface area (Å²) in [5.74, 6) is -0.672. The molecular weight excluding hydrogens is 387 g/mol. The maximum atomic E-state index is 13.7. The Kier molecular flexibility index (Phi) is 5.40. The summed E-state index contributed by atoms with van der Waals surface area (Å²) >= 11 is 1.50. The van der Waals surface area contributed by atoms with E-state index in [4.69, 9.17) is 4.98 Å². The van der Waals surface area contributed by atoms with Crippen LogP contribution in [0.25, 0.3) is 10.2 Å². The molecule has 0 fully saturated rings. The zero-order valence-electron chi connectivity index (χ0n) is 16.3. The van der Waals surface area contributed by atoms with E-state index in [1.165, 1.54) is 23.5 Å². The Labute approximate surface area is 172 Å². The summed E-state index contributed by atoms with van der Waals surface area (Å²) in [6.07, 6.45) is 6.10. The van der Waals surface area contributed by atoms with E-state index in [1.54, 1.807) is 29.6 Å². The Morgan fingerprint density at radius 3 is 2.76 bits per heavy atom. The summed E-state index contributed by atoms with van der Waals surface area (Å²) in [5, 5.41) is 0.636. The number of imidazole rings is 1. The third-order valence-corrected chi connectivity index (χ3v) is 6.05. The van der Waals surface area contributed by atoms with Crippen LogP contribution < -0.4 is 4.90 Å². The molecule has 0 saturated heterocycles. The number of thiazole rings is 1. The third-order valence-electron chi connectivity index (χ3n) is 4.84. The molecule has 4 aromatic rings. The van der Waals surface area contributed by atoms with Crippen LogP contribution in [0.15, 0.2) is 55.1 Å². The standard InChI is InChI=1S/C22H21FN4OS/c1-15-7-8-16(2)20-19(15)25-22(29-20)27(11-4-10-26-12-9-24-14-26)21(28)17-5-3-6-18(23)13-17/h3,5-9,12-14H,4,10-11H2,1-2H3. The average Bonchev–Trinajstić information content (AvgIpc) is 3.38. The molecule has 1 amide bonds. The van der Waals surface area contributed by atoms with Gasteiger partial charge >= 0.3 is 0 Å². The first-order valence-electron chi connectivity index (χ1n) is 9.43. The molecule has 0 aliphatic heterocycles. The van der Waals surface area contributed by atoms with Crippen molar-refractivity contribution in [1.82, 2.24) is 14.5 Å². The number of fused-ring (bicyclic) bond motifs is 1. The van der Waals surface area contributed by atoms with Crippen molar-refractivity contribution in [2.75, 3.05) is 11.4 Å². The predicted molar refractivity (Wildman–Crippen MR) is 114 cm³/mol. The van der Waals surface area contributed by atoms with Crippen molar-refractivity contribution in [3.63, 3.8) is 0 Å². The highest BCUT2D eigenvalue weighted by Gasteiger charge is 2.22. The second-order valence-electron chi connectivity index (χ2n) is 6.99. The molecular formula is C22H21FN4OS. The molecule has 7 heteroatoms. The van der Waals surface area contributed by atoms with Crippen molar-refractivity contribution in [1.29, 1.82) is 0 Å². The third kappa shape index (κ3) is 4.05. The van der Waals surface area contributed by atoms with Crippen LogP contribution >= 0.6 is 11.3 Å². The second kappa shape index (κ2) is 8.13. The molecule has 0 unspecified atom stereocenters. The molecule has 0 atom stereocenters. The number of aromatic nitrogens is 3. The van der Waals surface area contributed by atoms with Crippen LogP contribution in [-0.2, 0) is 6.54 Å². The molecule has 0 N–H and O–H groups in total. The first-order chi connectivity index (χ1) is 14.0. The molecule has 0 bridgehead atoms. The molecule has 0 aliphatic carbocycles. The zero-order chi connectivity index (χ0) is 20.4. The smallest absolute Gasteiger partial charge is 0.260 e. The van der Waals surface area contributed by atoms with Gasteiger partial charge in [-0.05, 0) is 49.6 Å². The Morgan fingerprint density at radius 1 is 1.21 bits per heavy atom. The average molecular weight is 409 g/mol. The highest BCUT2D eigenvalue weighted by molar-refractivity contribution is 7.22. The SMILES string of the molecule is Cc1ccc(C)c2sc(N(CCCn3ccnc3)C(=O)c3cccc(F)c3)nc12. The van der Waals surface area contributed by atoms with Gasteiger partial charge in [-0.1, -0.05) is 29.5 Å². The van der Waals surface area contributed by atoms with E-state index in [9.17, 15) is 9.18 Å². The quantitative estimate of drug-likeness (QED) is 0.452. The van der Waals surface area contributed by atoms with Gasteiger partial charge in [-0.2, -0.15) is 0 Å². The zero-order valence-corrected chi connectivity index (χ0v) is 17.1. The molecule has 2 heterocycles. The number of anilines is 1. The van der Waals surface area contributed by atoms with Crippen molar-refractivity contribution < 1.29 is 9.18 Å². The molecule has 5 nitrogen and oxygen atoms in total. The number of nitrogens with zero attached hydrogens (tertiary/aromatic N) is 4. The number of halogens is 1. The monoisotopic (exact) mass is 408 g/mol. The minimum absolute atomic E-state index is 0.246. The van der Waals surface area contributed by atoms with Crippen molar-refractivity contribution >= 4 is 32.6 Å². The van der Waals surface area contributed by atoms with E-state index in [1.807, 2.05) is 30.7 Å². The number of benzene rings is 2. The van der Waals surface area contributed by atoms with Gasteiger partial charge in [-0.15, -0.1) is 0 Å². The summed E-state index contributed by atoms with van der Waals surface area (Å²) in [4.78, 5) is 23.7. The lowest BCUT2D eigenvalue weighted by Crippen LogP contribution is -2.32. The fraction of sp³-hybridized carbons (Fsp3) is 0.227. The summed E-state index contributed by atoms with van der Waals surface area (Å²) < 4.78 is 16.8. The molecule has 0 spiro atoms. The van der Waals surface area contributed by atoms with Crippen LogP contribution in [0.3, 0.4) is 0 Å². The van der Waals surface area contributed by atoms with Gasteiger partial charge in [-0.3, -0.25) is 9.69 Å². The minimum atomic E-state index is -0.426. The summed E-state index contributed by atoms with van der Waals surface area (Å²) in [6.45, 7) is 5.27. The lowest BCUT2D eigenvalue weighted by molar-refractivity contribution is 0.0986. The van der Waals surface area contributed by atoms with Gasteiger partial charge < -0.3 is 4.57 Å². The van der Waals surface area contributed by atoms with Crippen molar-refractivity contribution in [3.05, 3.63) is 77.6 Å². The summed E-state index contributed by atoms with van der Waals surface area (Å²) in [7, 11) is 0. The number of rotatable bonds is 6. The van der Waals surface area contributed by atoms with Gasteiger partial charge in [0.15, 0.2) is 5.13 Å². The van der Waals surface area contributed by atoms with Crippen LogP contribution in [-0.4, -0.2) is 27.0 Å². The normalized spacial score (nSPS) is 11.1. The fourth-order valence-corrected chi connectivity index (χ4v) is 4.39. The van der Waals surface area contributed by atoms with E-state index in [2.05, 4.69) is 11.1 Å². The first-order valence-corrected chi connectivity index (χ1v) is 10.2. The number of hydrogen-bond acceptors (Lipinski definition) is 4. The fourth-order valence-electron chi connectivity index (χ4n) is 3.26. The number of hydrogen-bond donors (Lipinski definition) is 0. The van der Waals surface area contributed by atoms with E-state index in [0.29, 0.717) is 17.2 Å². The highest BCUT2D eigenvalue weighted by Crippen LogP contribution is 2.33. The maximum Gasteiger partial charge on any atom is 0.260 e. The minimum Gasteiger partial charge on any atom is -0.337 e. The molecule has 4 rings (SSSR count). The van der Waals surface area contributed by atoms with Gasteiger partial charge in [0.2, 0.25) is 0 Å². The molecule has 29 heavy (non-hydrogen) atoms. The number of aryl methyl sites for hydroxylation is 3. The van der Waals surface area contributed by atoms with Gasteiger partial charge in [0, 0.05) is 31.0 Å². The van der Waals surface area contributed by atoms with Crippen molar-refractivity contribution in [2.24, 2.45) is 0 Å². The van der Waals surface area contributed by atoms with Crippen LogP contribution in [0.5, 0.6) is 0 Å². The second-order valence-corrected chi connectivity index (χ2v) is 7.97. The highest BCUT2D eigenvalue weighted by atomic mass is 32.1. The lowest BCUT2D eigenvalue weighted by Gasteiger charge is -2.20. The maximum absolute atomic E-state index is 13.7. The molecule has 0 saturated carbocycles. The molecule has 2 aromatic carbocycles. The molecule has 0 aliphatic rings. The summed E-state index contributed by atoms with van der Waals surface area (Å²) in [5.41, 5.74) is 3.44. The van der Waals surface area contributed by atoms with Crippen LogP contribution in [0.2, 0.25) is 0 Å². The van der Waals surface area contributed by atoms with Gasteiger partial charge in [0.05, 0.1) is 16.5 Å². The van der Waals surface area contributed by atoms with Gasteiger partial charge in [0.25, 0.3) is 5.91 Å². The number of carbonyl (C=O) groups is 1.